The van der Waals surface area contributed by atoms with Crippen molar-refractivity contribution in [3.8, 4) is 0 Å². The Morgan fingerprint density at radius 3 is 2.27 bits per heavy atom. The number of isocyanates is 1. The van der Waals surface area contributed by atoms with Gasteiger partial charge in [-0.2, -0.15) is 0 Å². The summed E-state index contributed by atoms with van der Waals surface area (Å²) in [5.74, 6) is 0. The quantitative estimate of drug-likeness (QED) is 0.416. The van der Waals surface area contributed by atoms with Crippen molar-refractivity contribution in [1.29, 1.82) is 0 Å². The van der Waals surface area contributed by atoms with E-state index in [1.54, 1.807) is 6.08 Å². The maximum absolute atomic E-state index is 9.96. The second kappa shape index (κ2) is 2.46. The van der Waals surface area contributed by atoms with Gasteiger partial charge in [-0.1, -0.05) is 0 Å². The fraction of sp³-hybridized carbons (Fsp3) is 0.889. The van der Waals surface area contributed by atoms with Crippen molar-refractivity contribution < 1.29 is 4.79 Å². The highest BCUT2D eigenvalue weighted by Gasteiger charge is 2.44. The first-order valence-electron chi connectivity index (χ1n) is 4.42. The van der Waals surface area contributed by atoms with E-state index in [1.807, 2.05) is 0 Å². The first-order valence-corrected chi connectivity index (χ1v) is 4.42. The lowest BCUT2D eigenvalue weighted by molar-refractivity contribution is 0.307. The molecule has 2 heteroatoms. The van der Waals surface area contributed by atoms with Gasteiger partial charge in [-0.15, -0.1) is 0 Å². The molecule has 0 unspecified atom stereocenters. The lowest BCUT2D eigenvalue weighted by Crippen LogP contribution is -2.17. The summed E-state index contributed by atoms with van der Waals surface area (Å²) in [5, 5.41) is 0. The molecule has 0 aromatic carbocycles. The molecule has 0 saturated heterocycles. The van der Waals surface area contributed by atoms with Crippen molar-refractivity contribution >= 4 is 6.08 Å². The van der Waals surface area contributed by atoms with Crippen LogP contribution in [0.2, 0.25) is 0 Å². The van der Waals surface area contributed by atoms with Crippen LogP contribution < -0.4 is 0 Å². The van der Waals surface area contributed by atoms with E-state index >= 15 is 0 Å². The van der Waals surface area contributed by atoms with Crippen molar-refractivity contribution in [1.82, 2.24) is 0 Å². The Hall–Kier alpha value is -0.620. The van der Waals surface area contributed by atoms with E-state index in [0.717, 1.165) is 18.3 Å². The molecule has 0 heterocycles. The summed E-state index contributed by atoms with van der Waals surface area (Å²) in [4.78, 5) is 13.7. The third-order valence-corrected chi connectivity index (χ3v) is 3.21. The minimum atomic E-state index is 0.304. The molecule has 2 nitrogen and oxygen atoms in total. The Labute approximate surface area is 66.7 Å². The van der Waals surface area contributed by atoms with Crippen LogP contribution in [-0.4, -0.2) is 12.1 Å². The van der Waals surface area contributed by atoms with Crippen LogP contribution in [0.15, 0.2) is 4.99 Å². The molecule has 2 aliphatic carbocycles. The average Bonchev–Trinajstić information content (AvgIpc) is 2.76. The normalized spacial score (nSPS) is 28.0. The van der Waals surface area contributed by atoms with Crippen LogP contribution in [0.4, 0.5) is 0 Å². The van der Waals surface area contributed by atoms with Crippen molar-refractivity contribution in [2.24, 2.45) is 10.4 Å². The van der Waals surface area contributed by atoms with Crippen molar-refractivity contribution in [2.75, 3.05) is 0 Å². The Bertz CT molecular complexity index is 192. The molecule has 0 bridgehead atoms. The van der Waals surface area contributed by atoms with Crippen molar-refractivity contribution in [2.45, 2.75) is 44.6 Å². The minimum Gasteiger partial charge on any atom is -0.211 e. The molecule has 0 amide bonds. The fourth-order valence-corrected chi connectivity index (χ4v) is 2.10. The molecule has 0 N–H and O–H groups in total. The van der Waals surface area contributed by atoms with Gasteiger partial charge in [0.1, 0.15) is 0 Å². The molecule has 2 fully saturated rings. The molecule has 60 valence electrons. The first-order chi connectivity index (χ1) is 5.35. The molecule has 2 aliphatic rings. The molecule has 2 saturated carbocycles. The lowest BCUT2D eigenvalue weighted by Gasteiger charge is -2.24. The maximum atomic E-state index is 9.96. The number of nitrogens with zero attached hydrogens (tertiary/aromatic N) is 1. The van der Waals surface area contributed by atoms with E-state index in [2.05, 4.69) is 4.99 Å². The van der Waals surface area contributed by atoms with Crippen LogP contribution in [0.3, 0.4) is 0 Å². The monoisotopic (exact) mass is 151 g/mol. The van der Waals surface area contributed by atoms with E-state index in [1.165, 1.54) is 25.7 Å². The van der Waals surface area contributed by atoms with Gasteiger partial charge in [-0.3, -0.25) is 0 Å². The van der Waals surface area contributed by atoms with E-state index in [0.29, 0.717) is 6.04 Å². The summed E-state index contributed by atoms with van der Waals surface area (Å²) in [6.07, 6.45) is 9.33. The Kier molecular flexibility index (Phi) is 1.57. The second-order valence-corrected chi connectivity index (χ2v) is 3.95. The topological polar surface area (TPSA) is 29.4 Å². The molecule has 0 radical (unpaired) electrons. The molecule has 0 aromatic rings. The van der Waals surface area contributed by atoms with Gasteiger partial charge in [0.25, 0.3) is 0 Å². The average molecular weight is 151 g/mol. The first kappa shape index (κ1) is 7.05. The predicted octanol–water partition coefficient (Wildman–Crippen LogP) is 2.04. The zero-order chi connectivity index (χ0) is 7.73. The van der Waals surface area contributed by atoms with Crippen molar-refractivity contribution in [3.63, 3.8) is 0 Å². The third kappa shape index (κ3) is 1.36. The molecule has 11 heavy (non-hydrogen) atoms. The zero-order valence-corrected chi connectivity index (χ0v) is 6.68. The van der Waals surface area contributed by atoms with Gasteiger partial charge in [-0.25, -0.2) is 9.79 Å². The summed E-state index contributed by atoms with van der Waals surface area (Å²) in [6.45, 7) is 0. The van der Waals surface area contributed by atoms with Crippen molar-refractivity contribution in [3.05, 3.63) is 0 Å². The van der Waals surface area contributed by atoms with E-state index in [4.69, 9.17) is 0 Å². The highest BCUT2D eigenvalue weighted by atomic mass is 16.1. The molecular weight excluding hydrogens is 138 g/mol. The van der Waals surface area contributed by atoms with E-state index in [-0.39, 0.29) is 0 Å². The van der Waals surface area contributed by atoms with Crippen LogP contribution in [0.5, 0.6) is 0 Å². The van der Waals surface area contributed by atoms with Crippen LogP contribution in [-0.2, 0) is 4.79 Å². The van der Waals surface area contributed by atoms with Gasteiger partial charge in [0, 0.05) is 0 Å². The highest BCUT2D eigenvalue weighted by Crippen LogP contribution is 2.56. The van der Waals surface area contributed by atoms with Crippen LogP contribution in [0.1, 0.15) is 38.5 Å². The molecule has 1 spiro atoms. The van der Waals surface area contributed by atoms with Gasteiger partial charge in [0.05, 0.1) is 6.04 Å². The molecule has 0 atom stereocenters. The van der Waals surface area contributed by atoms with Crippen LogP contribution >= 0.6 is 0 Å². The number of hydrogen-bond acceptors (Lipinski definition) is 2. The zero-order valence-electron chi connectivity index (χ0n) is 6.68. The van der Waals surface area contributed by atoms with Crippen LogP contribution in [0, 0.1) is 5.41 Å². The summed E-state index contributed by atoms with van der Waals surface area (Å²) in [7, 11) is 0. The number of hydrogen-bond donors (Lipinski definition) is 0. The van der Waals surface area contributed by atoms with Gasteiger partial charge < -0.3 is 0 Å². The fourth-order valence-electron chi connectivity index (χ4n) is 2.10. The summed E-state index contributed by atoms with van der Waals surface area (Å²) in [5.41, 5.74) is 0.717. The molecule has 0 aliphatic heterocycles. The summed E-state index contributed by atoms with van der Waals surface area (Å²) in [6, 6.07) is 0.304. The molecule has 2 rings (SSSR count). The maximum Gasteiger partial charge on any atom is 0.235 e. The Balaban J connectivity index is 1.89. The number of aliphatic imine (C=N–C) groups is 1. The minimum absolute atomic E-state index is 0.304. The van der Waals surface area contributed by atoms with E-state index in [9.17, 15) is 4.79 Å². The second-order valence-electron chi connectivity index (χ2n) is 3.95. The lowest BCUT2D eigenvalue weighted by atomic mass is 9.84. The number of rotatable bonds is 1. The van der Waals surface area contributed by atoms with E-state index < -0.39 is 0 Å². The SMILES string of the molecule is O=C=NC1CCC2(CC1)CC2. The van der Waals surface area contributed by atoms with Gasteiger partial charge in [0.15, 0.2) is 0 Å². The van der Waals surface area contributed by atoms with Gasteiger partial charge in [-0.05, 0) is 43.9 Å². The Morgan fingerprint density at radius 1 is 1.18 bits per heavy atom. The third-order valence-electron chi connectivity index (χ3n) is 3.21. The summed E-state index contributed by atoms with van der Waals surface area (Å²) < 4.78 is 0. The van der Waals surface area contributed by atoms with Crippen LogP contribution in [0.25, 0.3) is 0 Å². The highest BCUT2D eigenvalue weighted by molar-refractivity contribution is 5.33. The molecular formula is C9H13NO. The van der Waals surface area contributed by atoms with Gasteiger partial charge in [0.2, 0.25) is 6.08 Å². The molecule has 0 aromatic heterocycles. The predicted molar refractivity (Wildman–Crippen MR) is 42.0 cm³/mol. The summed E-state index contributed by atoms with van der Waals surface area (Å²) >= 11 is 0. The smallest absolute Gasteiger partial charge is 0.211 e. The standard InChI is InChI=1S/C9H13NO/c11-7-10-8-1-3-9(4-2-8)5-6-9/h8H,1-6H2. The Morgan fingerprint density at radius 2 is 1.82 bits per heavy atom. The number of carbonyl (C=O) groups excluding carboxylic acids is 1. The van der Waals surface area contributed by atoms with Gasteiger partial charge >= 0.3 is 0 Å². The largest absolute Gasteiger partial charge is 0.235 e.